The van der Waals surface area contributed by atoms with Gasteiger partial charge in [-0.25, -0.2) is 0 Å². The average Bonchev–Trinajstić information content (AvgIpc) is 3.12. The molecule has 3 unspecified atom stereocenters. The Morgan fingerprint density at radius 1 is 1.18 bits per heavy atom. The topological polar surface area (TPSA) is 17.1 Å². The van der Waals surface area contributed by atoms with Crippen LogP contribution in [0.5, 0.6) is 0 Å². The lowest BCUT2D eigenvalue weighted by atomic mass is 9.62. The SMILES string of the molecule is O=C1CCC2(CC3C=CC2C3)c2cc3cccc(Cl)c3cc21. The summed E-state index contributed by atoms with van der Waals surface area (Å²) in [6.07, 6.45) is 8.94. The van der Waals surface area contributed by atoms with E-state index in [0.29, 0.717) is 18.3 Å². The summed E-state index contributed by atoms with van der Waals surface area (Å²) >= 11 is 6.34. The summed E-state index contributed by atoms with van der Waals surface area (Å²) in [6, 6.07) is 10.3. The molecule has 0 heterocycles. The van der Waals surface area contributed by atoms with Crippen molar-refractivity contribution in [2.75, 3.05) is 0 Å². The summed E-state index contributed by atoms with van der Waals surface area (Å²) in [7, 11) is 0. The maximum absolute atomic E-state index is 12.5. The standard InChI is InChI=1S/C20H17ClO/c21-18-3-1-2-13-9-17-16(10-15(13)18)19(22)6-7-20(17)11-12-4-5-14(20)8-12/h1-5,9-10,12,14H,6-8,11H2. The van der Waals surface area contributed by atoms with Gasteiger partial charge in [0.1, 0.15) is 0 Å². The number of ketones is 1. The van der Waals surface area contributed by atoms with Crippen LogP contribution < -0.4 is 0 Å². The number of benzene rings is 2. The molecule has 0 aliphatic heterocycles. The van der Waals surface area contributed by atoms with E-state index in [1.807, 2.05) is 18.2 Å². The lowest BCUT2D eigenvalue weighted by Crippen LogP contribution is -2.36. The average molecular weight is 309 g/mol. The molecule has 3 aliphatic rings. The van der Waals surface area contributed by atoms with Crippen molar-refractivity contribution in [1.82, 2.24) is 0 Å². The van der Waals surface area contributed by atoms with Gasteiger partial charge in [-0.2, -0.15) is 0 Å². The summed E-state index contributed by atoms with van der Waals surface area (Å²) in [4.78, 5) is 12.5. The molecule has 2 heteroatoms. The maximum atomic E-state index is 12.5. The number of carbonyl (C=O) groups is 1. The first-order valence-corrected chi connectivity index (χ1v) is 8.49. The van der Waals surface area contributed by atoms with E-state index in [4.69, 9.17) is 11.6 Å². The third kappa shape index (κ3) is 1.53. The molecule has 0 aromatic heterocycles. The highest BCUT2D eigenvalue weighted by Crippen LogP contribution is 2.58. The Bertz CT molecular complexity index is 850. The Balaban J connectivity index is 1.81. The summed E-state index contributed by atoms with van der Waals surface area (Å²) in [6.45, 7) is 0. The van der Waals surface area contributed by atoms with E-state index in [1.54, 1.807) is 0 Å². The number of Topliss-reactive ketones (excluding diaryl/α,β-unsaturated/α-hetero) is 1. The summed E-state index contributed by atoms with van der Waals surface area (Å²) in [5, 5.41) is 2.90. The fraction of sp³-hybridized carbons (Fsp3) is 0.350. The van der Waals surface area contributed by atoms with Crippen LogP contribution in [-0.2, 0) is 5.41 Å². The highest BCUT2D eigenvalue weighted by atomic mass is 35.5. The van der Waals surface area contributed by atoms with E-state index in [-0.39, 0.29) is 11.2 Å². The van der Waals surface area contributed by atoms with Gasteiger partial charge in [0.25, 0.3) is 0 Å². The molecule has 0 radical (unpaired) electrons. The summed E-state index contributed by atoms with van der Waals surface area (Å²) < 4.78 is 0. The Hall–Kier alpha value is -1.60. The highest BCUT2D eigenvalue weighted by molar-refractivity contribution is 6.35. The lowest BCUT2D eigenvalue weighted by Gasteiger charge is -2.40. The molecule has 3 aliphatic carbocycles. The quantitative estimate of drug-likeness (QED) is 0.603. The zero-order valence-corrected chi connectivity index (χ0v) is 13.1. The van der Waals surface area contributed by atoms with Gasteiger partial charge in [0.15, 0.2) is 5.78 Å². The fourth-order valence-electron chi connectivity index (χ4n) is 5.09. The largest absolute Gasteiger partial charge is 0.294 e. The van der Waals surface area contributed by atoms with Gasteiger partial charge in [0.2, 0.25) is 0 Å². The normalized spacial score (nSPS) is 32.1. The van der Waals surface area contributed by atoms with Crippen LogP contribution in [0, 0.1) is 11.8 Å². The molecule has 5 rings (SSSR count). The summed E-state index contributed by atoms with van der Waals surface area (Å²) in [5.41, 5.74) is 2.40. The Morgan fingerprint density at radius 2 is 2.09 bits per heavy atom. The predicted molar refractivity (Wildman–Crippen MR) is 89.6 cm³/mol. The second-order valence-corrected chi connectivity index (χ2v) is 7.54. The van der Waals surface area contributed by atoms with Crippen molar-refractivity contribution in [2.45, 2.75) is 31.1 Å². The van der Waals surface area contributed by atoms with Gasteiger partial charge in [0, 0.05) is 27.8 Å². The van der Waals surface area contributed by atoms with Crippen molar-refractivity contribution in [1.29, 1.82) is 0 Å². The molecule has 2 aromatic rings. The molecule has 1 saturated carbocycles. The van der Waals surface area contributed by atoms with E-state index in [9.17, 15) is 4.79 Å². The van der Waals surface area contributed by atoms with Gasteiger partial charge in [-0.1, -0.05) is 35.9 Å². The number of hydrogen-bond acceptors (Lipinski definition) is 1. The number of halogens is 1. The molecule has 1 nitrogen and oxygen atoms in total. The second kappa shape index (κ2) is 4.23. The van der Waals surface area contributed by atoms with Gasteiger partial charge in [-0.05, 0) is 60.2 Å². The van der Waals surface area contributed by atoms with Crippen molar-refractivity contribution >= 4 is 28.2 Å². The molecule has 22 heavy (non-hydrogen) atoms. The first kappa shape index (κ1) is 12.9. The predicted octanol–water partition coefficient (Wildman–Crippen LogP) is 5.30. The molecular formula is C20H17ClO. The van der Waals surface area contributed by atoms with Crippen LogP contribution in [0.1, 0.15) is 41.6 Å². The van der Waals surface area contributed by atoms with E-state index in [2.05, 4.69) is 24.3 Å². The van der Waals surface area contributed by atoms with Crippen molar-refractivity contribution in [3.8, 4) is 0 Å². The third-order valence-corrected chi connectivity index (χ3v) is 6.44. The molecule has 0 saturated heterocycles. The molecule has 2 aromatic carbocycles. The first-order valence-electron chi connectivity index (χ1n) is 8.12. The Kier molecular flexibility index (Phi) is 2.48. The zero-order chi connectivity index (χ0) is 14.9. The minimum atomic E-state index is 0.194. The minimum Gasteiger partial charge on any atom is -0.294 e. The number of carbonyl (C=O) groups excluding carboxylic acids is 1. The summed E-state index contributed by atoms with van der Waals surface area (Å²) in [5.74, 6) is 1.61. The fourth-order valence-corrected chi connectivity index (χ4v) is 5.32. The van der Waals surface area contributed by atoms with Gasteiger partial charge in [-0.3, -0.25) is 4.79 Å². The molecule has 0 N–H and O–H groups in total. The number of fused-ring (bicyclic) bond motifs is 6. The molecule has 110 valence electrons. The molecule has 0 amide bonds. The molecule has 1 fully saturated rings. The van der Waals surface area contributed by atoms with Crippen molar-refractivity contribution in [3.05, 3.63) is 58.6 Å². The van der Waals surface area contributed by atoms with Gasteiger partial charge in [0.05, 0.1) is 0 Å². The van der Waals surface area contributed by atoms with E-state index in [0.717, 1.165) is 27.8 Å². The van der Waals surface area contributed by atoms with Crippen LogP contribution >= 0.6 is 11.6 Å². The van der Waals surface area contributed by atoms with Crippen LogP contribution in [0.15, 0.2) is 42.5 Å². The zero-order valence-electron chi connectivity index (χ0n) is 12.3. The van der Waals surface area contributed by atoms with Crippen LogP contribution in [0.2, 0.25) is 5.02 Å². The first-order chi connectivity index (χ1) is 10.7. The number of allylic oxidation sites excluding steroid dienone is 2. The number of hydrogen-bond donors (Lipinski definition) is 0. The van der Waals surface area contributed by atoms with Gasteiger partial charge < -0.3 is 0 Å². The molecular weight excluding hydrogens is 292 g/mol. The maximum Gasteiger partial charge on any atom is 0.163 e. The van der Waals surface area contributed by atoms with Gasteiger partial charge in [-0.15, -0.1) is 0 Å². The molecule has 2 bridgehead atoms. The van der Waals surface area contributed by atoms with E-state index < -0.39 is 0 Å². The number of rotatable bonds is 0. The van der Waals surface area contributed by atoms with E-state index >= 15 is 0 Å². The van der Waals surface area contributed by atoms with Crippen LogP contribution in [0.4, 0.5) is 0 Å². The van der Waals surface area contributed by atoms with Crippen molar-refractivity contribution in [2.24, 2.45) is 11.8 Å². The molecule has 1 spiro atoms. The van der Waals surface area contributed by atoms with Crippen LogP contribution in [0.25, 0.3) is 10.8 Å². The third-order valence-electron chi connectivity index (χ3n) is 6.11. The monoisotopic (exact) mass is 308 g/mol. The highest BCUT2D eigenvalue weighted by Gasteiger charge is 2.52. The van der Waals surface area contributed by atoms with Crippen molar-refractivity contribution < 1.29 is 4.79 Å². The van der Waals surface area contributed by atoms with E-state index in [1.165, 1.54) is 18.4 Å². The second-order valence-electron chi connectivity index (χ2n) is 7.13. The molecule has 3 atom stereocenters. The van der Waals surface area contributed by atoms with Crippen LogP contribution in [0.3, 0.4) is 0 Å². The Morgan fingerprint density at radius 3 is 2.86 bits per heavy atom. The lowest BCUT2D eigenvalue weighted by molar-refractivity contribution is 0.0944. The van der Waals surface area contributed by atoms with Crippen LogP contribution in [-0.4, -0.2) is 5.78 Å². The smallest absolute Gasteiger partial charge is 0.163 e. The van der Waals surface area contributed by atoms with Crippen molar-refractivity contribution in [3.63, 3.8) is 0 Å². The minimum absolute atomic E-state index is 0.194. The van der Waals surface area contributed by atoms with Gasteiger partial charge >= 0.3 is 0 Å². The Labute approximate surface area is 135 Å².